The molecule has 3 N–H and O–H groups in total. The van der Waals surface area contributed by atoms with E-state index in [4.69, 9.17) is 10.2 Å². The molecular formula is C16H22ClN3O2. The standard InChI is InChI=1S/C16H21N3O2.ClH/c1-16(2,3)13(17)14(20)18-10-6-7-11-12(8-10)21-15(19-11)9-4-5-9;/h6-9,13H,4-5,17H2,1-3H3,(H,18,20);1H/t13-;/m1./s1. The van der Waals surface area contributed by atoms with E-state index >= 15 is 0 Å². The second-order valence-electron chi connectivity index (χ2n) is 6.84. The van der Waals surface area contributed by atoms with E-state index in [9.17, 15) is 4.79 Å². The molecular weight excluding hydrogens is 302 g/mol. The summed E-state index contributed by atoms with van der Waals surface area (Å²) in [6.07, 6.45) is 2.30. The SMILES string of the molecule is CC(C)(C)[C@H](N)C(=O)Nc1ccc2nc(C3CC3)oc2c1.Cl. The van der Waals surface area contributed by atoms with Gasteiger partial charge in [0.05, 0.1) is 6.04 Å². The molecule has 0 saturated heterocycles. The van der Waals surface area contributed by atoms with Gasteiger partial charge in [0.2, 0.25) is 5.91 Å². The van der Waals surface area contributed by atoms with Gasteiger partial charge in [0.15, 0.2) is 11.5 Å². The number of amides is 1. The van der Waals surface area contributed by atoms with E-state index in [2.05, 4.69) is 10.3 Å². The summed E-state index contributed by atoms with van der Waals surface area (Å²) in [7, 11) is 0. The van der Waals surface area contributed by atoms with Crippen molar-refractivity contribution >= 4 is 35.1 Å². The third-order valence-corrected chi connectivity index (χ3v) is 3.81. The van der Waals surface area contributed by atoms with E-state index in [1.54, 1.807) is 0 Å². The Bertz CT molecular complexity index is 686. The highest BCUT2D eigenvalue weighted by Gasteiger charge is 2.29. The maximum absolute atomic E-state index is 12.1. The molecule has 0 aliphatic heterocycles. The number of hydrogen-bond acceptors (Lipinski definition) is 4. The molecule has 22 heavy (non-hydrogen) atoms. The van der Waals surface area contributed by atoms with E-state index in [-0.39, 0.29) is 23.7 Å². The number of benzene rings is 1. The Morgan fingerprint density at radius 2 is 2.09 bits per heavy atom. The van der Waals surface area contributed by atoms with Crippen LogP contribution in [0.4, 0.5) is 5.69 Å². The Hall–Kier alpha value is -1.59. The lowest BCUT2D eigenvalue weighted by Crippen LogP contribution is -2.45. The number of carbonyl (C=O) groups excluding carboxylic acids is 1. The van der Waals surface area contributed by atoms with E-state index < -0.39 is 6.04 Å². The molecule has 1 atom stereocenters. The number of oxazole rings is 1. The van der Waals surface area contributed by atoms with Crippen molar-refractivity contribution in [1.82, 2.24) is 4.98 Å². The fourth-order valence-electron chi connectivity index (χ4n) is 2.14. The Morgan fingerprint density at radius 1 is 1.41 bits per heavy atom. The van der Waals surface area contributed by atoms with Gasteiger partial charge in [-0.2, -0.15) is 0 Å². The van der Waals surface area contributed by atoms with Crippen molar-refractivity contribution in [2.45, 2.75) is 45.6 Å². The van der Waals surface area contributed by atoms with Crippen molar-refractivity contribution in [3.05, 3.63) is 24.1 Å². The number of rotatable bonds is 3. The van der Waals surface area contributed by atoms with Gasteiger partial charge < -0.3 is 15.5 Å². The summed E-state index contributed by atoms with van der Waals surface area (Å²) in [5.74, 6) is 1.09. The lowest BCUT2D eigenvalue weighted by molar-refractivity contribution is -0.119. The number of nitrogens with zero attached hydrogens (tertiary/aromatic N) is 1. The highest BCUT2D eigenvalue weighted by atomic mass is 35.5. The fraction of sp³-hybridized carbons (Fsp3) is 0.500. The molecule has 0 spiro atoms. The van der Waals surface area contributed by atoms with Crippen LogP contribution in [0.25, 0.3) is 11.1 Å². The number of aromatic nitrogens is 1. The average Bonchev–Trinajstić information content (AvgIpc) is 3.17. The average molecular weight is 324 g/mol. The van der Waals surface area contributed by atoms with Crippen LogP contribution in [-0.2, 0) is 4.79 Å². The highest BCUT2D eigenvalue weighted by Crippen LogP contribution is 2.40. The first-order chi connectivity index (χ1) is 9.84. The van der Waals surface area contributed by atoms with Crippen LogP contribution in [0.3, 0.4) is 0 Å². The van der Waals surface area contributed by atoms with Gasteiger partial charge in [-0.3, -0.25) is 4.79 Å². The predicted octanol–water partition coefficient (Wildman–Crippen LogP) is 3.44. The quantitative estimate of drug-likeness (QED) is 0.906. The van der Waals surface area contributed by atoms with Crippen molar-refractivity contribution in [3.8, 4) is 0 Å². The molecule has 5 nitrogen and oxygen atoms in total. The Morgan fingerprint density at radius 3 is 2.68 bits per heavy atom. The number of hydrogen-bond donors (Lipinski definition) is 2. The van der Waals surface area contributed by atoms with Gasteiger partial charge in [-0.1, -0.05) is 20.8 Å². The van der Waals surface area contributed by atoms with E-state index in [0.29, 0.717) is 17.2 Å². The first-order valence-electron chi connectivity index (χ1n) is 7.31. The second-order valence-corrected chi connectivity index (χ2v) is 6.84. The first-order valence-corrected chi connectivity index (χ1v) is 7.31. The minimum absolute atomic E-state index is 0. The molecule has 0 radical (unpaired) electrons. The summed E-state index contributed by atoms with van der Waals surface area (Å²) in [6, 6.07) is 4.93. The molecule has 1 saturated carbocycles. The van der Waals surface area contributed by atoms with E-state index in [1.807, 2.05) is 39.0 Å². The van der Waals surface area contributed by atoms with Crippen LogP contribution in [-0.4, -0.2) is 16.9 Å². The van der Waals surface area contributed by atoms with E-state index in [1.165, 1.54) is 0 Å². The highest BCUT2D eigenvalue weighted by molar-refractivity contribution is 5.96. The lowest BCUT2D eigenvalue weighted by Gasteiger charge is -2.25. The molecule has 0 unspecified atom stereocenters. The zero-order valence-corrected chi connectivity index (χ0v) is 13.9. The maximum Gasteiger partial charge on any atom is 0.241 e. The predicted molar refractivity (Wildman–Crippen MR) is 89.3 cm³/mol. The zero-order valence-electron chi connectivity index (χ0n) is 13.1. The van der Waals surface area contributed by atoms with Gasteiger partial charge in [-0.25, -0.2) is 4.98 Å². The van der Waals surface area contributed by atoms with Gasteiger partial charge in [0.1, 0.15) is 5.52 Å². The number of anilines is 1. The minimum Gasteiger partial charge on any atom is -0.440 e. The minimum atomic E-state index is -0.565. The Labute approximate surface area is 136 Å². The van der Waals surface area contributed by atoms with Crippen LogP contribution < -0.4 is 11.1 Å². The van der Waals surface area contributed by atoms with Gasteiger partial charge in [0, 0.05) is 17.7 Å². The molecule has 120 valence electrons. The first kappa shape index (κ1) is 16.8. The summed E-state index contributed by atoms with van der Waals surface area (Å²) in [6.45, 7) is 5.83. The van der Waals surface area contributed by atoms with Crippen LogP contribution in [0.1, 0.15) is 45.4 Å². The molecule has 1 fully saturated rings. The molecule has 1 aromatic heterocycles. The topological polar surface area (TPSA) is 81.2 Å². The number of nitrogens with two attached hydrogens (primary N) is 1. The number of nitrogens with one attached hydrogen (secondary N) is 1. The molecule has 3 rings (SSSR count). The van der Waals surface area contributed by atoms with Crippen molar-refractivity contribution < 1.29 is 9.21 Å². The van der Waals surface area contributed by atoms with Crippen LogP contribution in [0.5, 0.6) is 0 Å². The normalized spacial score (nSPS) is 16.2. The molecule has 1 amide bonds. The summed E-state index contributed by atoms with van der Waals surface area (Å²) in [4.78, 5) is 16.6. The smallest absolute Gasteiger partial charge is 0.241 e. The molecule has 2 aromatic rings. The van der Waals surface area contributed by atoms with Crippen LogP contribution in [0.15, 0.2) is 22.6 Å². The molecule has 1 aliphatic rings. The Balaban J connectivity index is 0.00000176. The third kappa shape index (κ3) is 3.42. The van der Waals surface area contributed by atoms with Crippen LogP contribution >= 0.6 is 12.4 Å². The molecule has 0 bridgehead atoms. The number of carbonyl (C=O) groups is 1. The van der Waals surface area contributed by atoms with Crippen molar-refractivity contribution in [2.75, 3.05) is 5.32 Å². The second kappa shape index (κ2) is 5.89. The van der Waals surface area contributed by atoms with Gasteiger partial charge >= 0.3 is 0 Å². The molecule has 1 aromatic carbocycles. The molecule has 6 heteroatoms. The number of fused-ring (bicyclic) bond motifs is 1. The van der Waals surface area contributed by atoms with Gasteiger partial charge in [-0.05, 0) is 30.4 Å². The lowest BCUT2D eigenvalue weighted by atomic mass is 9.87. The van der Waals surface area contributed by atoms with Gasteiger partial charge in [-0.15, -0.1) is 12.4 Å². The summed E-state index contributed by atoms with van der Waals surface area (Å²) in [5, 5.41) is 2.84. The Kier molecular flexibility index (Phi) is 4.49. The third-order valence-electron chi connectivity index (χ3n) is 3.81. The van der Waals surface area contributed by atoms with Crippen molar-refractivity contribution in [2.24, 2.45) is 11.1 Å². The summed E-state index contributed by atoms with van der Waals surface area (Å²) in [5.41, 5.74) is 7.90. The van der Waals surface area contributed by atoms with E-state index in [0.717, 1.165) is 24.2 Å². The van der Waals surface area contributed by atoms with Crippen LogP contribution in [0, 0.1) is 5.41 Å². The molecule has 1 aliphatic carbocycles. The largest absolute Gasteiger partial charge is 0.440 e. The summed E-state index contributed by atoms with van der Waals surface area (Å²) >= 11 is 0. The molecule has 1 heterocycles. The maximum atomic E-state index is 12.1. The van der Waals surface area contributed by atoms with Crippen LogP contribution in [0.2, 0.25) is 0 Å². The zero-order chi connectivity index (χ0) is 15.2. The van der Waals surface area contributed by atoms with Crippen molar-refractivity contribution in [1.29, 1.82) is 0 Å². The summed E-state index contributed by atoms with van der Waals surface area (Å²) < 4.78 is 5.75. The number of halogens is 1. The van der Waals surface area contributed by atoms with Gasteiger partial charge in [0.25, 0.3) is 0 Å². The fourth-order valence-corrected chi connectivity index (χ4v) is 2.14. The van der Waals surface area contributed by atoms with Crippen molar-refractivity contribution in [3.63, 3.8) is 0 Å². The monoisotopic (exact) mass is 323 g/mol.